The van der Waals surface area contributed by atoms with Gasteiger partial charge >= 0.3 is 0 Å². The van der Waals surface area contributed by atoms with Gasteiger partial charge in [0, 0.05) is 29.9 Å². The number of hydrogen-bond acceptors (Lipinski definition) is 7. The van der Waals surface area contributed by atoms with Gasteiger partial charge in [-0.2, -0.15) is 10.1 Å². The highest BCUT2D eigenvalue weighted by Gasteiger charge is 2.34. The summed E-state index contributed by atoms with van der Waals surface area (Å²) in [6, 6.07) is 12.8. The summed E-state index contributed by atoms with van der Waals surface area (Å²) in [4.78, 5) is 32.4. The van der Waals surface area contributed by atoms with Crippen molar-refractivity contribution in [2.45, 2.75) is 12.8 Å². The zero-order chi connectivity index (χ0) is 21.5. The van der Waals surface area contributed by atoms with Gasteiger partial charge in [0.05, 0.1) is 16.6 Å². The van der Waals surface area contributed by atoms with E-state index in [1.165, 1.54) is 4.90 Å². The highest BCUT2D eigenvalue weighted by Crippen LogP contribution is 2.26. The SMILES string of the molecule is NC1=CCN(c2ccc3n[nH]c(CCCN4C(=O)c5ccccc5C4=O)c3c2)C(N)=N1. The van der Waals surface area contributed by atoms with Crippen LogP contribution in [0.4, 0.5) is 5.69 Å². The number of anilines is 1. The van der Waals surface area contributed by atoms with Gasteiger partial charge < -0.3 is 16.4 Å². The van der Waals surface area contributed by atoms with Crippen LogP contribution in [0.3, 0.4) is 0 Å². The van der Waals surface area contributed by atoms with Crippen molar-refractivity contribution in [2.75, 3.05) is 18.0 Å². The van der Waals surface area contributed by atoms with Crippen LogP contribution in [0.5, 0.6) is 0 Å². The van der Waals surface area contributed by atoms with E-state index in [1.807, 2.05) is 23.1 Å². The Morgan fingerprint density at radius 1 is 1.03 bits per heavy atom. The van der Waals surface area contributed by atoms with E-state index >= 15 is 0 Å². The second-order valence-corrected chi connectivity index (χ2v) is 7.52. The van der Waals surface area contributed by atoms with E-state index in [9.17, 15) is 9.59 Å². The molecule has 5 rings (SSSR count). The van der Waals surface area contributed by atoms with Crippen molar-refractivity contribution in [2.24, 2.45) is 16.5 Å². The minimum absolute atomic E-state index is 0.232. The quantitative estimate of drug-likeness (QED) is 0.544. The van der Waals surface area contributed by atoms with Crippen LogP contribution in [-0.2, 0) is 6.42 Å². The maximum atomic E-state index is 12.5. The molecule has 2 aromatic carbocycles. The lowest BCUT2D eigenvalue weighted by Gasteiger charge is -2.25. The molecule has 2 aliphatic rings. The molecule has 1 aromatic heterocycles. The average molecular weight is 415 g/mol. The third-order valence-electron chi connectivity index (χ3n) is 5.62. The lowest BCUT2D eigenvalue weighted by Crippen LogP contribution is -2.40. The first-order valence-corrected chi connectivity index (χ1v) is 10.0. The monoisotopic (exact) mass is 415 g/mol. The molecule has 0 atom stereocenters. The van der Waals surface area contributed by atoms with Gasteiger partial charge in [0.1, 0.15) is 5.82 Å². The van der Waals surface area contributed by atoms with Crippen LogP contribution in [0, 0.1) is 0 Å². The Balaban J connectivity index is 1.31. The standard InChI is InChI=1S/C22H21N7O2/c23-19-9-11-28(22(24)25-19)13-7-8-18-16(12-13)17(26-27-18)6-3-10-29-20(30)14-4-1-2-5-15(14)21(29)31/h1-2,4-5,7-9,12H,3,6,10-11,23H2,(H2,24,25)(H,26,27). The van der Waals surface area contributed by atoms with Crippen molar-refractivity contribution in [1.82, 2.24) is 15.1 Å². The molecule has 5 N–H and O–H groups in total. The van der Waals surface area contributed by atoms with Gasteiger partial charge in [-0.15, -0.1) is 0 Å². The van der Waals surface area contributed by atoms with Crippen LogP contribution in [0.1, 0.15) is 32.8 Å². The molecule has 0 unspecified atom stereocenters. The number of aryl methyl sites for hydroxylation is 1. The molecule has 0 saturated carbocycles. The molecule has 156 valence electrons. The molecule has 0 spiro atoms. The minimum atomic E-state index is -0.232. The average Bonchev–Trinajstić information content (AvgIpc) is 3.28. The molecule has 3 aromatic rings. The van der Waals surface area contributed by atoms with Gasteiger partial charge in [0.25, 0.3) is 11.8 Å². The van der Waals surface area contributed by atoms with Crippen molar-refractivity contribution in [3.63, 3.8) is 0 Å². The number of hydrogen-bond donors (Lipinski definition) is 3. The Morgan fingerprint density at radius 2 is 1.77 bits per heavy atom. The number of imide groups is 1. The number of carbonyl (C=O) groups is 2. The molecule has 9 nitrogen and oxygen atoms in total. The maximum Gasteiger partial charge on any atom is 0.261 e. The molecule has 2 amide bonds. The van der Waals surface area contributed by atoms with E-state index in [0.717, 1.165) is 22.3 Å². The van der Waals surface area contributed by atoms with E-state index in [2.05, 4.69) is 15.2 Å². The van der Waals surface area contributed by atoms with Crippen molar-refractivity contribution in [1.29, 1.82) is 0 Å². The second-order valence-electron chi connectivity index (χ2n) is 7.52. The fourth-order valence-electron chi connectivity index (χ4n) is 4.02. The summed E-state index contributed by atoms with van der Waals surface area (Å²) in [5.41, 5.74) is 15.4. The number of fused-ring (bicyclic) bond motifs is 2. The summed E-state index contributed by atoms with van der Waals surface area (Å²) in [5.74, 6) is 0.288. The molecule has 0 radical (unpaired) electrons. The molecule has 0 saturated heterocycles. The fraction of sp³-hybridized carbons (Fsp3) is 0.182. The molecule has 31 heavy (non-hydrogen) atoms. The molecule has 3 heterocycles. The molecule has 0 bridgehead atoms. The van der Waals surface area contributed by atoms with Crippen LogP contribution in [0.15, 0.2) is 59.4 Å². The number of carbonyl (C=O) groups excluding carboxylic acids is 2. The summed E-state index contributed by atoms with van der Waals surface area (Å²) < 4.78 is 0. The molecule has 2 aliphatic heterocycles. The highest BCUT2D eigenvalue weighted by atomic mass is 16.2. The van der Waals surface area contributed by atoms with Crippen molar-refractivity contribution in [3.05, 3.63) is 71.2 Å². The number of aromatic amines is 1. The molecule has 0 fully saturated rings. The summed E-state index contributed by atoms with van der Waals surface area (Å²) >= 11 is 0. The first-order valence-electron chi connectivity index (χ1n) is 10.0. The fourth-order valence-corrected chi connectivity index (χ4v) is 4.02. The topological polar surface area (TPSA) is 134 Å². The van der Waals surface area contributed by atoms with E-state index in [4.69, 9.17) is 11.5 Å². The number of rotatable bonds is 5. The number of H-pyrrole nitrogens is 1. The summed E-state index contributed by atoms with van der Waals surface area (Å²) in [6.45, 7) is 0.891. The van der Waals surface area contributed by atoms with E-state index in [-0.39, 0.29) is 11.8 Å². The first kappa shape index (κ1) is 18.9. The summed E-state index contributed by atoms with van der Waals surface area (Å²) in [6.07, 6.45) is 3.07. The Kier molecular flexibility index (Phi) is 4.43. The van der Waals surface area contributed by atoms with Gasteiger partial charge in [0.15, 0.2) is 0 Å². The number of benzene rings is 2. The smallest absolute Gasteiger partial charge is 0.261 e. The zero-order valence-electron chi connectivity index (χ0n) is 16.7. The lowest BCUT2D eigenvalue weighted by molar-refractivity contribution is 0.0652. The highest BCUT2D eigenvalue weighted by molar-refractivity contribution is 6.21. The van der Waals surface area contributed by atoms with E-state index in [1.54, 1.807) is 30.3 Å². The summed E-state index contributed by atoms with van der Waals surface area (Å²) in [7, 11) is 0. The number of nitrogens with two attached hydrogens (primary N) is 2. The Hall–Kier alpha value is -4.14. The van der Waals surface area contributed by atoms with Gasteiger partial charge in [-0.1, -0.05) is 12.1 Å². The normalized spacial score (nSPS) is 16.0. The number of nitrogens with zero attached hydrogens (tertiary/aromatic N) is 4. The van der Waals surface area contributed by atoms with Crippen molar-refractivity contribution in [3.8, 4) is 0 Å². The molecular weight excluding hydrogens is 394 g/mol. The van der Waals surface area contributed by atoms with Crippen LogP contribution >= 0.6 is 0 Å². The maximum absolute atomic E-state index is 12.5. The van der Waals surface area contributed by atoms with Gasteiger partial charge in [-0.05, 0) is 49.2 Å². The molecular formula is C22H21N7O2. The molecule has 0 aliphatic carbocycles. The van der Waals surface area contributed by atoms with Crippen LogP contribution < -0.4 is 16.4 Å². The summed E-state index contributed by atoms with van der Waals surface area (Å²) in [5, 5.41) is 8.41. The largest absolute Gasteiger partial charge is 0.384 e. The Labute approximate surface area is 178 Å². The van der Waals surface area contributed by atoms with Gasteiger partial charge in [0.2, 0.25) is 5.96 Å². The Morgan fingerprint density at radius 3 is 2.48 bits per heavy atom. The van der Waals surface area contributed by atoms with Crippen molar-refractivity contribution >= 4 is 34.4 Å². The van der Waals surface area contributed by atoms with E-state index in [0.29, 0.717) is 48.8 Å². The van der Waals surface area contributed by atoms with Gasteiger partial charge in [-0.25, -0.2) is 0 Å². The second kappa shape index (κ2) is 7.28. The third-order valence-corrected chi connectivity index (χ3v) is 5.62. The third kappa shape index (κ3) is 3.20. The lowest BCUT2D eigenvalue weighted by atomic mass is 10.1. The number of aromatic nitrogens is 2. The van der Waals surface area contributed by atoms with Crippen LogP contribution in [-0.4, -0.2) is 46.0 Å². The zero-order valence-corrected chi connectivity index (χ0v) is 16.7. The number of guanidine groups is 1. The molecule has 9 heteroatoms. The predicted octanol–water partition coefficient (Wildman–Crippen LogP) is 1.73. The Bertz CT molecular complexity index is 1240. The number of nitrogens with one attached hydrogen (secondary N) is 1. The first-order chi connectivity index (χ1) is 15.0. The van der Waals surface area contributed by atoms with E-state index < -0.39 is 0 Å². The van der Waals surface area contributed by atoms with Crippen LogP contribution in [0.25, 0.3) is 10.9 Å². The van der Waals surface area contributed by atoms with Crippen LogP contribution in [0.2, 0.25) is 0 Å². The predicted molar refractivity (Wildman–Crippen MR) is 117 cm³/mol. The van der Waals surface area contributed by atoms with Crippen molar-refractivity contribution < 1.29 is 9.59 Å². The number of aliphatic imine (C=N–C) groups is 1. The minimum Gasteiger partial charge on any atom is -0.384 e. The van der Waals surface area contributed by atoms with Gasteiger partial charge in [-0.3, -0.25) is 19.6 Å². The number of amides is 2.